The highest BCUT2D eigenvalue weighted by Gasteiger charge is 2.17. The first kappa shape index (κ1) is 12.7. The van der Waals surface area contributed by atoms with Gasteiger partial charge in [0.15, 0.2) is 0 Å². The van der Waals surface area contributed by atoms with Crippen LogP contribution in [-0.4, -0.2) is 19.3 Å². The number of hydrogen-bond acceptors (Lipinski definition) is 4. The summed E-state index contributed by atoms with van der Waals surface area (Å²) < 4.78 is 3.33. The van der Waals surface area contributed by atoms with Gasteiger partial charge in [-0.1, -0.05) is 12.8 Å². The molecule has 0 aliphatic heterocycles. The van der Waals surface area contributed by atoms with Gasteiger partial charge in [-0.2, -0.15) is 5.10 Å². The van der Waals surface area contributed by atoms with E-state index in [1.165, 1.54) is 23.6 Å². The van der Waals surface area contributed by atoms with Crippen LogP contribution in [0.1, 0.15) is 37.4 Å². The molecule has 2 heterocycles. The number of anilines is 1. The number of rotatable bonds is 3. The Labute approximate surface area is 115 Å². The molecule has 0 aromatic carbocycles. The molecule has 0 bridgehead atoms. The maximum atomic E-state index is 11.7. The monoisotopic (exact) mass is 275 g/mol. The molecule has 7 heteroatoms. The fraction of sp³-hybridized carbons (Fsp3) is 0.462. The Morgan fingerprint density at radius 3 is 2.85 bits per heavy atom. The third kappa shape index (κ3) is 2.38. The Morgan fingerprint density at radius 2 is 2.10 bits per heavy atom. The molecule has 0 spiro atoms. The van der Waals surface area contributed by atoms with Gasteiger partial charge in [-0.3, -0.25) is 19.0 Å². The smallest absolute Gasteiger partial charge is 0.328 e. The lowest BCUT2D eigenvalue weighted by molar-refractivity contribution is 0.461. The van der Waals surface area contributed by atoms with E-state index in [-0.39, 0.29) is 5.69 Å². The molecule has 106 valence electrons. The maximum absolute atomic E-state index is 11.7. The van der Waals surface area contributed by atoms with Crippen molar-refractivity contribution >= 4 is 5.69 Å². The van der Waals surface area contributed by atoms with Crippen molar-refractivity contribution in [3.05, 3.63) is 45.0 Å². The van der Waals surface area contributed by atoms with Gasteiger partial charge < -0.3 is 5.73 Å². The first-order valence-electron chi connectivity index (χ1n) is 6.77. The van der Waals surface area contributed by atoms with Crippen molar-refractivity contribution in [2.75, 3.05) is 5.73 Å². The van der Waals surface area contributed by atoms with E-state index in [0.717, 1.165) is 18.5 Å². The van der Waals surface area contributed by atoms with Gasteiger partial charge in [0.1, 0.15) is 5.69 Å². The SMILES string of the molecule is Nc1cn(Cc2ccn(C3CCCC3)n2)c(=O)[nH]c1=O. The van der Waals surface area contributed by atoms with Crippen LogP contribution in [0.3, 0.4) is 0 Å². The molecule has 1 aliphatic carbocycles. The molecule has 2 aromatic rings. The zero-order valence-corrected chi connectivity index (χ0v) is 11.1. The number of H-pyrrole nitrogens is 1. The molecule has 0 unspecified atom stereocenters. The molecule has 20 heavy (non-hydrogen) atoms. The van der Waals surface area contributed by atoms with Crippen LogP contribution in [0.5, 0.6) is 0 Å². The van der Waals surface area contributed by atoms with Crippen LogP contribution in [0.25, 0.3) is 0 Å². The predicted molar refractivity (Wildman–Crippen MR) is 74.6 cm³/mol. The Bertz CT molecular complexity index is 721. The number of nitrogen functional groups attached to an aromatic ring is 1. The molecule has 1 aliphatic rings. The van der Waals surface area contributed by atoms with Crippen LogP contribution in [0.2, 0.25) is 0 Å². The molecule has 3 N–H and O–H groups in total. The number of aromatic nitrogens is 4. The largest absolute Gasteiger partial charge is 0.393 e. The van der Waals surface area contributed by atoms with Gasteiger partial charge in [-0.05, 0) is 18.9 Å². The molecule has 0 amide bonds. The molecule has 0 atom stereocenters. The standard InChI is InChI=1S/C13H17N5O2/c14-11-8-17(13(20)15-12(11)19)7-9-5-6-18(16-9)10-3-1-2-4-10/h5-6,8,10H,1-4,7,14H2,(H,15,19,20). The van der Waals surface area contributed by atoms with Gasteiger partial charge >= 0.3 is 5.69 Å². The summed E-state index contributed by atoms with van der Waals surface area (Å²) >= 11 is 0. The minimum absolute atomic E-state index is 0.0276. The summed E-state index contributed by atoms with van der Waals surface area (Å²) in [6, 6.07) is 2.37. The van der Waals surface area contributed by atoms with E-state index < -0.39 is 11.2 Å². The topological polar surface area (TPSA) is 98.7 Å². The molecule has 0 saturated heterocycles. The third-order valence-corrected chi connectivity index (χ3v) is 3.73. The fourth-order valence-electron chi connectivity index (χ4n) is 2.65. The van der Waals surface area contributed by atoms with Crippen molar-refractivity contribution in [1.29, 1.82) is 0 Å². The molecule has 1 fully saturated rings. The fourth-order valence-corrected chi connectivity index (χ4v) is 2.65. The van der Waals surface area contributed by atoms with E-state index in [1.807, 2.05) is 16.9 Å². The van der Waals surface area contributed by atoms with Gasteiger partial charge in [-0.25, -0.2) is 4.79 Å². The van der Waals surface area contributed by atoms with Gasteiger partial charge in [0.2, 0.25) is 0 Å². The van der Waals surface area contributed by atoms with Gasteiger partial charge in [-0.15, -0.1) is 0 Å². The Balaban J connectivity index is 1.83. The highest BCUT2D eigenvalue weighted by molar-refractivity contribution is 5.30. The average Bonchev–Trinajstić information content (AvgIpc) is 3.06. The third-order valence-electron chi connectivity index (χ3n) is 3.73. The second-order valence-corrected chi connectivity index (χ2v) is 5.20. The van der Waals surface area contributed by atoms with Crippen LogP contribution < -0.4 is 17.0 Å². The van der Waals surface area contributed by atoms with Crippen molar-refractivity contribution in [2.45, 2.75) is 38.3 Å². The van der Waals surface area contributed by atoms with Crippen molar-refractivity contribution in [3.63, 3.8) is 0 Å². The first-order valence-corrected chi connectivity index (χ1v) is 6.77. The molecule has 7 nitrogen and oxygen atoms in total. The minimum Gasteiger partial charge on any atom is -0.393 e. The summed E-state index contributed by atoms with van der Waals surface area (Å²) in [5, 5.41) is 4.50. The molecule has 2 aromatic heterocycles. The lowest BCUT2D eigenvalue weighted by Crippen LogP contribution is -2.31. The van der Waals surface area contributed by atoms with Gasteiger partial charge in [0.25, 0.3) is 5.56 Å². The summed E-state index contributed by atoms with van der Waals surface area (Å²) in [6.07, 6.45) is 8.12. The van der Waals surface area contributed by atoms with E-state index >= 15 is 0 Å². The van der Waals surface area contributed by atoms with E-state index in [0.29, 0.717) is 12.6 Å². The number of hydrogen-bond donors (Lipinski definition) is 2. The van der Waals surface area contributed by atoms with E-state index in [2.05, 4.69) is 10.1 Å². The summed E-state index contributed by atoms with van der Waals surface area (Å²) in [6.45, 7) is 0.305. The Kier molecular flexibility index (Phi) is 3.17. The number of nitrogens with one attached hydrogen (secondary N) is 1. The quantitative estimate of drug-likeness (QED) is 0.851. The van der Waals surface area contributed by atoms with Gasteiger partial charge in [0, 0.05) is 12.4 Å². The second kappa shape index (κ2) is 4.99. The van der Waals surface area contributed by atoms with E-state index in [4.69, 9.17) is 5.73 Å². The predicted octanol–water partition coefficient (Wildman–Crippen LogP) is 0.479. The summed E-state index contributed by atoms with van der Waals surface area (Å²) in [4.78, 5) is 25.1. The lowest BCUT2D eigenvalue weighted by Gasteiger charge is -2.09. The van der Waals surface area contributed by atoms with Gasteiger partial charge in [0.05, 0.1) is 18.3 Å². The van der Waals surface area contributed by atoms with Crippen molar-refractivity contribution < 1.29 is 0 Å². The van der Waals surface area contributed by atoms with Crippen LogP contribution in [0.15, 0.2) is 28.0 Å². The lowest BCUT2D eigenvalue weighted by atomic mass is 10.3. The van der Waals surface area contributed by atoms with Crippen LogP contribution in [0, 0.1) is 0 Å². The molecular weight excluding hydrogens is 258 g/mol. The zero-order chi connectivity index (χ0) is 14.1. The first-order chi connectivity index (χ1) is 9.63. The summed E-state index contributed by atoms with van der Waals surface area (Å²) in [7, 11) is 0. The molecule has 1 saturated carbocycles. The minimum atomic E-state index is -0.553. The van der Waals surface area contributed by atoms with Crippen LogP contribution in [-0.2, 0) is 6.54 Å². The average molecular weight is 275 g/mol. The Morgan fingerprint density at radius 1 is 1.35 bits per heavy atom. The van der Waals surface area contributed by atoms with Crippen molar-refractivity contribution in [3.8, 4) is 0 Å². The second-order valence-electron chi connectivity index (χ2n) is 5.20. The van der Waals surface area contributed by atoms with E-state index in [9.17, 15) is 9.59 Å². The van der Waals surface area contributed by atoms with E-state index in [1.54, 1.807) is 0 Å². The van der Waals surface area contributed by atoms with Crippen LogP contribution in [0.4, 0.5) is 5.69 Å². The zero-order valence-electron chi connectivity index (χ0n) is 11.1. The Hall–Kier alpha value is -2.31. The normalized spacial score (nSPS) is 15.8. The molecular formula is C13H17N5O2. The summed E-state index contributed by atoms with van der Waals surface area (Å²) in [5.74, 6) is 0. The van der Waals surface area contributed by atoms with Crippen molar-refractivity contribution in [2.24, 2.45) is 0 Å². The molecule has 0 radical (unpaired) electrons. The number of nitrogens with two attached hydrogens (primary N) is 1. The highest BCUT2D eigenvalue weighted by atomic mass is 16.2. The van der Waals surface area contributed by atoms with Crippen molar-refractivity contribution in [1.82, 2.24) is 19.3 Å². The number of nitrogens with zero attached hydrogens (tertiary/aromatic N) is 3. The summed E-state index contributed by atoms with van der Waals surface area (Å²) in [5.41, 5.74) is 5.30. The highest BCUT2D eigenvalue weighted by Crippen LogP contribution is 2.28. The maximum Gasteiger partial charge on any atom is 0.328 e. The molecule has 3 rings (SSSR count). The van der Waals surface area contributed by atoms with Crippen LogP contribution >= 0.6 is 0 Å². The number of aromatic amines is 1.